The highest BCUT2D eigenvalue weighted by Crippen LogP contribution is 2.19. The van der Waals surface area contributed by atoms with Crippen molar-refractivity contribution in [2.45, 2.75) is 12.5 Å². The van der Waals surface area contributed by atoms with E-state index in [2.05, 4.69) is 26.6 Å². The third-order valence-electron chi connectivity index (χ3n) is 2.33. The lowest BCUT2D eigenvalue weighted by molar-refractivity contribution is -0.119. The number of nitrogens with one attached hydrogen (secondary N) is 2. The fraction of sp³-hybridized carbons (Fsp3) is 0.300. The van der Waals surface area contributed by atoms with E-state index >= 15 is 0 Å². The maximum absolute atomic E-state index is 13.1. The van der Waals surface area contributed by atoms with E-state index in [9.17, 15) is 9.18 Å². The zero-order valence-electron chi connectivity index (χ0n) is 8.30. The van der Waals surface area contributed by atoms with Gasteiger partial charge in [-0.05, 0) is 47.1 Å². The van der Waals surface area contributed by atoms with E-state index in [-0.39, 0.29) is 30.2 Å². The Labute approximate surface area is 107 Å². The third-order valence-corrected chi connectivity index (χ3v) is 2.97. The zero-order valence-corrected chi connectivity index (χ0v) is 10.7. The summed E-state index contributed by atoms with van der Waals surface area (Å²) in [6, 6.07) is 4.39. The molecule has 0 radical (unpaired) electrons. The monoisotopic (exact) mass is 308 g/mol. The van der Waals surface area contributed by atoms with E-state index < -0.39 is 0 Å². The van der Waals surface area contributed by atoms with Crippen molar-refractivity contribution >= 4 is 39.9 Å². The molecule has 3 nitrogen and oxygen atoms in total. The standard InChI is InChI=1S/C10H10BrFN2O.ClH/c11-7-2-1-6(5-8(7)12)14-10(15)9-3-4-13-9;/h1-2,5,9,13H,3-4H2,(H,14,15);1H/t9-;/m1./s1. The predicted molar refractivity (Wildman–Crippen MR) is 66.4 cm³/mol. The van der Waals surface area contributed by atoms with E-state index in [4.69, 9.17) is 0 Å². The summed E-state index contributed by atoms with van der Waals surface area (Å²) in [5.74, 6) is -0.489. The molecule has 1 aliphatic rings. The molecular weight excluding hydrogens is 298 g/mol. The van der Waals surface area contributed by atoms with Gasteiger partial charge in [-0.3, -0.25) is 4.79 Å². The van der Waals surface area contributed by atoms with E-state index in [0.29, 0.717) is 10.2 Å². The molecule has 1 amide bonds. The quantitative estimate of drug-likeness (QED) is 0.880. The van der Waals surface area contributed by atoms with E-state index in [1.54, 1.807) is 12.1 Å². The predicted octanol–water partition coefficient (Wildman–Crippen LogP) is 2.31. The number of benzene rings is 1. The molecule has 1 aromatic carbocycles. The zero-order chi connectivity index (χ0) is 10.8. The normalized spacial score (nSPS) is 18.2. The highest BCUT2D eigenvalue weighted by atomic mass is 79.9. The van der Waals surface area contributed by atoms with Crippen LogP contribution in [0.25, 0.3) is 0 Å². The number of hydrogen-bond acceptors (Lipinski definition) is 2. The first-order chi connectivity index (χ1) is 7.16. The van der Waals surface area contributed by atoms with Gasteiger partial charge in [0, 0.05) is 5.69 Å². The van der Waals surface area contributed by atoms with E-state index in [0.717, 1.165) is 13.0 Å². The van der Waals surface area contributed by atoms with Crippen LogP contribution in [0.15, 0.2) is 22.7 Å². The second-order valence-electron chi connectivity index (χ2n) is 3.41. The third kappa shape index (κ3) is 2.93. The van der Waals surface area contributed by atoms with Crippen LogP contribution in [0, 0.1) is 5.82 Å². The fourth-order valence-electron chi connectivity index (χ4n) is 1.32. The lowest BCUT2D eigenvalue weighted by atomic mass is 10.1. The molecule has 0 saturated carbocycles. The van der Waals surface area contributed by atoms with Crippen molar-refractivity contribution in [2.75, 3.05) is 11.9 Å². The second kappa shape index (κ2) is 5.61. The first-order valence-corrected chi connectivity index (χ1v) is 5.45. The number of amides is 1. The Morgan fingerprint density at radius 1 is 1.56 bits per heavy atom. The van der Waals surface area contributed by atoms with Crippen LogP contribution in [0.2, 0.25) is 0 Å². The molecule has 0 aliphatic carbocycles. The van der Waals surface area contributed by atoms with Gasteiger partial charge < -0.3 is 10.6 Å². The second-order valence-corrected chi connectivity index (χ2v) is 4.27. The summed E-state index contributed by atoms with van der Waals surface area (Å²) < 4.78 is 13.5. The summed E-state index contributed by atoms with van der Waals surface area (Å²) in [4.78, 5) is 11.5. The van der Waals surface area contributed by atoms with Gasteiger partial charge >= 0.3 is 0 Å². The minimum Gasteiger partial charge on any atom is -0.325 e. The molecular formula is C10H11BrClFN2O. The van der Waals surface area contributed by atoms with Gasteiger partial charge in [0.2, 0.25) is 5.91 Å². The van der Waals surface area contributed by atoms with Gasteiger partial charge in [0.25, 0.3) is 0 Å². The molecule has 1 atom stereocenters. The van der Waals surface area contributed by atoms with Crippen molar-refractivity contribution < 1.29 is 9.18 Å². The van der Waals surface area contributed by atoms with Gasteiger partial charge in [0.15, 0.2) is 0 Å². The van der Waals surface area contributed by atoms with Crippen LogP contribution in [0.4, 0.5) is 10.1 Å². The molecule has 0 aromatic heterocycles. The molecule has 0 unspecified atom stereocenters. The Hall–Kier alpha value is -0.650. The Balaban J connectivity index is 0.00000128. The maximum Gasteiger partial charge on any atom is 0.241 e. The average Bonchev–Trinajstić information content (AvgIpc) is 2.08. The van der Waals surface area contributed by atoms with Crippen molar-refractivity contribution in [3.05, 3.63) is 28.5 Å². The van der Waals surface area contributed by atoms with Gasteiger partial charge in [-0.1, -0.05) is 0 Å². The highest BCUT2D eigenvalue weighted by Gasteiger charge is 2.24. The Morgan fingerprint density at radius 3 is 2.75 bits per heavy atom. The molecule has 1 fully saturated rings. The number of carbonyl (C=O) groups is 1. The molecule has 2 rings (SSSR count). The van der Waals surface area contributed by atoms with Gasteiger partial charge in [-0.15, -0.1) is 12.4 Å². The summed E-state index contributed by atoms with van der Waals surface area (Å²) in [5, 5.41) is 5.63. The summed E-state index contributed by atoms with van der Waals surface area (Å²) in [5.41, 5.74) is 0.481. The van der Waals surface area contributed by atoms with Crippen molar-refractivity contribution in [1.29, 1.82) is 0 Å². The van der Waals surface area contributed by atoms with Gasteiger partial charge in [0.1, 0.15) is 5.82 Å². The summed E-state index contributed by atoms with van der Waals surface area (Å²) in [6.07, 6.45) is 0.838. The Bertz CT molecular complexity index is 398. The molecule has 1 saturated heterocycles. The number of carbonyl (C=O) groups excluding carboxylic acids is 1. The van der Waals surface area contributed by atoms with Crippen LogP contribution < -0.4 is 10.6 Å². The maximum atomic E-state index is 13.1. The van der Waals surface area contributed by atoms with Crippen LogP contribution in [0.5, 0.6) is 0 Å². The van der Waals surface area contributed by atoms with E-state index in [1.165, 1.54) is 6.07 Å². The molecule has 1 aromatic rings. The van der Waals surface area contributed by atoms with Crippen molar-refractivity contribution in [3.8, 4) is 0 Å². The Morgan fingerprint density at radius 2 is 2.25 bits per heavy atom. The number of halogens is 3. The minimum atomic E-state index is -0.380. The first-order valence-electron chi connectivity index (χ1n) is 4.66. The lowest BCUT2D eigenvalue weighted by Gasteiger charge is -2.26. The largest absolute Gasteiger partial charge is 0.325 e. The average molecular weight is 310 g/mol. The fourth-order valence-corrected chi connectivity index (χ4v) is 1.56. The number of hydrogen-bond donors (Lipinski definition) is 2. The lowest BCUT2D eigenvalue weighted by Crippen LogP contribution is -2.50. The van der Waals surface area contributed by atoms with Crippen LogP contribution in [-0.4, -0.2) is 18.5 Å². The first kappa shape index (κ1) is 13.4. The number of rotatable bonds is 2. The van der Waals surface area contributed by atoms with Crippen molar-refractivity contribution in [3.63, 3.8) is 0 Å². The van der Waals surface area contributed by atoms with Gasteiger partial charge in [-0.2, -0.15) is 0 Å². The minimum absolute atomic E-state index is 0. The van der Waals surface area contributed by atoms with Gasteiger partial charge in [-0.25, -0.2) is 4.39 Å². The molecule has 2 N–H and O–H groups in total. The van der Waals surface area contributed by atoms with Crippen LogP contribution in [-0.2, 0) is 4.79 Å². The van der Waals surface area contributed by atoms with Crippen molar-refractivity contribution in [1.82, 2.24) is 5.32 Å². The topological polar surface area (TPSA) is 41.1 Å². The molecule has 1 aliphatic heterocycles. The molecule has 0 spiro atoms. The van der Waals surface area contributed by atoms with Crippen LogP contribution >= 0.6 is 28.3 Å². The summed E-state index contributed by atoms with van der Waals surface area (Å²) in [6.45, 7) is 0.868. The van der Waals surface area contributed by atoms with Crippen LogP contribution in [0.1, 0.15) is 6.42 Å². The molecule has 1 heterocycles. The van der Waals surface area contributed by atoms with Crippen molar-refractivity contribution in [2.24, 2.45) is 0 Å². The Kier molecular flexibility index (Phi) is 4.70. The highest BCUT2D eigenvalue weighted by molar-refractivity contribution is 9.10. The summed E-state index contributed by atoms with van der Waals surface area (Å²) in [7, 11) is 0. The van der Waals surface area contributed by atoms with E-state index in [1.807, 2.05) is 0 Å². The molecule has 6 heteroatoms. The SMILES string of the molecule is Cl.O=C(Nc1ccc(Br)c(F)c1)[C@H]1CCN1. The van der Waals surface area contributed by atoms with Crippen LogP contribution in [0.3, 0.4) is 0 Å². The summed E-state index contributed by atoms with van der Waals surface area (Å²) >= 11 is 3.05. The van der Waals surface area contributed by atoms with Gasteiger partial charge in [0.05, 0.1) is 10.5 Å². The smallest absolute Gasteiger partial charge is 0.241 e. The molecule has 16 heavy (non-hydrogen) atoms. The molecule has 0 bridgehead atoms. The molecule has 88 valence electrons. The number of anilines is 1.